The molecule has 2 N–H and O–H groups in total. The Morgan fingerprint density at radius 3 is 3.00 bits per heavy atom. The first-order valence-electron chi connectivity index (χ1n) is 4.97. The van der Waals surface area contributed by atoms with E-state index in [4.69, 9.17) is 16.9 Å². The molecule has 0 aliphatic carbocycles. The van der Waals surface area contributed by atoms with Crippen LogP contribution in [0.1, 0.15) is 23.8 Å². The Morgan fingerprint density at radius 1 is 1.56 bits per heavy atom. The highest BCUT2D eigenvalue weighted by atomic mass is 35.5. The average Bonchev–Trinajstić information content (AvgIpc) is 2.56. The molecule has 16 heavy (non-hydrogen) atoms. The van der Waals surface area contributed by atoms with Gasteiger partial charge in [-0.1, -0.05) is 23.7 Å². The first kappa shape index (κ1) is 11.0. The number of rotatable bonds is 2. The molecule has 1 aromatic carbocycles. The lowest BCUT2D eigenvalue weighted by Gasteiger charge is -2.06. The number of aromatic nitrogens is 1. The van der Waals surface area contributed by atoms with Gasteiger partial charge >= 0.3 is 0 Å². The molecule has 2 rings (SSSR count). The summed E-state index contributed by atoms with van der Waals surface area (Å²) in [4.78, 5) is 3.13. The van der Waals surface area contributed by atoms with Gasteiger partial charge < -0.3 is 10.1 Å². The molecule has 0 spiro atoms. The van der Waals surface area contributed by atoms with Gasteiger partial charge in [-0.25, -0.2) is 0 Å². The van der Waals surface area contributed by atoms with Crippen LogP contribution in [0.25, 0.3) is 10.9 Å². The highest BCUT2D eigenvalue weighted by Gasteiger charge is 2.17. The van der Waals surface area contributed by atoms with E-state index in [1.54, 1.807) is 6.07 Å². The van der Waals surface area contributed by atoms with Gasteiger partial charge in [0.2, 0.25) is 0 Å². The molecule has 0 saturated heterocycles. The van der Waals surface area contributed by atoms with Crippen LogP contribution in [-0.4, -0.2) is 10.1 Å². The largest absolute Gasteiger partial charge is 0.387 e. The molecule has 0 aliphatic rings. The van der Waals surface area contributed by atoms with E-state index in [9.17, 15) is 5.11 Å². The Balaban J connectivity index is 2.66. The van der Waals surface area contributed by atoms with Gasteiger partial charge in [0, 0.05) is 16.6 Å². The van der Waals surface area contributed by atoms with E-state index < -0.39 is 6.10 Å². The molecule has 0 fully saturated rings. The van der Waals surface area contributed by atoms with Crippen LogP contribution in [-0.2, 0) is 0 Å². The molecule has 82 valence electrons. The highest BCUT2D eigenvalue weighted by Crippen LogP contribution is 2.32. The first-order valence-corrected chi connectivity index (χ1v) is 5.34. The van der Waals surface area contributed by atoms with Crippen molar-refractivity contribution >= 4 is 22.5 Å². The van der Waals surface area contributed by atoms with Crippen LogP contribution >= 0.6 is 11.6 Å². The number of H-pyrrole nitrogens is 1. The van der Waals surface area contributed by atoms with Gasteiger partial charge in [0.15, 0.2) is 0 Å². The minimum atomic E-state index is -0.766. The standard InChI is InChI=1S/C12H11ClN2O/c1-7-11(10(16)5-6-14)8-3-2-4-9(13)12(8)15-7/h2-4,10,15-16H,5H2,1H3. The number of nitrogens with one attached hydrogen (secondary N) is 1. The van der Waals surface area contributed by atoms with Crippen LogP contribution in [0.3, 0.4) is 0 Å². The first-order chi connectivity index (χ1) is 7.65. The molecular formula is C12H11ClN2O. The van der Waals surface area contributed by atoms with Crippen LogP contribution in [0.4, 0.5) is 0 Å². The number of benzene rings is 1. The van der Waals surface area contributed by atoms with Crippen LogP contribution in [0, 0.1) is 18.3 Å². The maximum atomic E-state index is 9.89. The van der Waals surface area contributed by atoms with Crippen LogP contribution < -0.4 is 0 Å². The number of aryl methyl sites for hydroxylation is 1. The summed E-state index contributed by atoms with van der Waals surface area (Å²) in [6.45, 7) is 1.87. The quantitative estimate of drug-likeness (QED) is 0.839. The topological polar surface area (TPSA) is 59.8 Å². The minimum absolute atomic E-state index is 0.0836. The van der Waals surface area contributed by atoms with E-state index in [0.717, 1.165) is 22.2 Å². The summed E-state index contributed by atoms with van der Waals surface area (Å²) >= 11 is 6.05. The third-order valence-electron chi connectivity index (χ3n) is 2.64. The second kappa shape index (κ2) is 4.17. The van der Waals surface area contributed by atoms with Crippen molar-refractivity contribution in [2.75, 3.05) is 0 Å². The number of aliphatic hydroxyl groups is 1. The number of fused-ring (bicyclic) bond motifs is 1. The molecule has 1 aromatic heterocycles. The Morgan fingerprint density at radius 2 is 2.31 bits per heavy atom. The molecule has 2 aromatic rings. The highest BCUT2D eigenvalue weighted by molar-refractivity contribution is 6.35. The smallest absolute Gasteiger partial charge is 0.0943 e. The monoisotopic (exact) mass is 234 g/mol. The Labute approximate surface area is 98.3 Å². The summed E-state index contributed by atoms with van der Waals surface area (Å²) in [5.74, 6) is 0. The van der Waals surface area contributed by atoms with Crippen molar-refractivity contribution < 1.29 is 5.11 Å². The average molecular weight is 235 g/mol. The second-order valence-electron chi connectivity index (χ2n) is 3.70. The van der Waals surface area contributed by atoms with E-state index in [-0.39, 0.29) is 6.42 Å². The van der Waals surface area contributed by atoms with Crippen LogP contribution in [0.15, 0.2) is 18.2 Å². The fourth-order valence-corrected chi connectivity index (χ4v) is 2.17. The van der Waals surface area contributed by atoms with Crippen molar-refractivity contribution in [1.29, 1.82) is 5.26 Å². The zero-order valence-corrected chi connectivity index (χ0v) is 9.54. The number of aliphatic hydroxyl groups excluding tert-OH is 1. The fourth-order valence-electron chi connectivity index (χ4n) is 1.95. The SMILES string of the molecule is Cc1[nH]c2c(Cl)cccc2c1C(O)CC#N. The number of halogens is 1. The van der Waals surface area contributed by atoms with Crippen LogP contribution in [0.5, 0.6) is 0 Å². The molecule has 4 heteroatoms. The fraction of sp³-hybridized carbons (Fsp3) is 0.250. The molecule has 0 amide bonds. The van der Waals surface area contributed by atoms with E-state index in [1.807, 2.05) is 25.1 Å². The molecule has 0 saturated carbocycles. The number of hydrogen-bond acceptors (Lipinski definition) is 2. The lowest BCUT2D eigenvalue weighted by molar-refractivity contribution is 0.184. The van der Waals surface area contributed by atoms with E-state index in [2.05, 4.69) is 4.98 Å². The van der Waals surface area contributed by atoms with E-state index >= 15 is 0 Å². The molecule has 0 bridgehead atoms. The summed E-state index contributed by atoms with van der Waals surface area (Å²) in [6, 6.07) is 7.48. The van der Waals surface area contributed by atoms with Crippen molar-refractivity contribution in [3.63, 3.8) is 0 Å². The summed E-state index contributed by atoms with van der Waals surface area (Å²) < 4.78 is 0. The summed E-state index contributed by atoms with van der Waals surface area (Å²) in [5.41, 5.74) is 2.43. The maximum Gasteiger partial charge on any atom is 0.0943 e. The van der Waals surface area contributed by atoms with Gasteiger partial charge in [-0.05, 0) is 13.0 Å². The molecule has 0 aliphatic heterocycles. The summed E-state index contributed by atoms with van der Waals surface area (Å²) in [6.07, 6.45) is -0.683. The Bertz CT molecular complexity index is 568. The van der Waals surface area contributed by atoms with Crippen molar-refractivity contribution in [3.8, 4) is 6.07 Å². The molecule has 1 atom stereocenters. The van der Waals surface area contributed by atoms with Crippen molar-refractivity contribution in [2.24, 2.45) is 0 Å². The number of nitrogens with zero attached hydrogens (tertiary/aromatic N) is 1. The molecule has 1 heterocycles. The van der Waals surface area contributed by atoms with E-state index in [1.165, 1.54) is 0 Å². The van der Waals surface area contributed by atoms with Gasteiger partial charge in [-0.15, -0.1) is 0 Å². The second-order valence-corrected chi connectivity index (χ2v) is 4.11. The summed E-state index contributed by atoms with van der Waals surface area (Å²) in [5, 5.41) is 20.0. The lowest BCUT2D eigenvalue weighted by atomic mass is 10.0. The zero-order chi connectivity index (χ0) is 11.7. The van der Waals surface area contributed by atoms with Crippen LogP contribution in [0.2, 0.25) is 5.02 Å². The predicted molar refractivity (Wildman–Crippen MR) is 63.2 cm³/mol. The molecule has 0 radical (unpaired) electrons. The number of aromatic amines is 1. The third-order valence-corrected chi connectivity index (χ3v) is 2.95. The maximum absolute atomic E-state index is 9.89. The Kier molecular flexibility index (Phi) is 2.86. The van der Waals surface area contributed by atoms with E-state index in [0.29, 0.717) is 5.02 Å². The Hall–Kier alpha value is -1.50. The minimum Gasteiger partial charge on any atom is -0.387 e. The van der Waals surface area contributed by atoms with Gasteiger partial charge in [0.05, 0.1) is 29.1 Å². The molecular weight excluding hydrogens is 224 g/mol. The van der Waals surface area contributed by atoms with Gasteiger partial charge in [-0.3, -0.25) is 0 Å². The van der Waals surface area contributed by atoms with Crippen molar-refractivity contribution in [1.82, 2.24) is 4.98 Å². The number of nitriles is 1. The number of hydrogen-bond donors (Lipinski definition) is 2. The van der Waals surface area contributed by atoms with Gasteiger partial charge in [-0.2, -0.15) is 5.26 Å². The van der Waals surface area contributed by atoms with Gasteiger partial charge in [0.1, 0.15) is 0 Å². The molecule has 3 nitrogen and oxygen atoms in total. The van der Waals surface area contributed by atoms with Gasteiger partial charge in [0.25, 0.3) is 0 Å². The van der Waals surface area contributed by atoms with Crippen molar-refractivity contribution in [2.45, 2.75) is 19.4 Å². The third kappa shape index (κ3) is 1.67. The lowest BCUT2D eigenvalue weighted by Crippen LogP contribution is -1.96. The summed E-state index contributed by atoms with van der Waals surface area (Å²) in [7, 11) is 0. The number of para-hydroxylation sites is 1. The predicted octanol–water partition coefficient (Wildman–Crippen LogP) is 3.08. The zero-order valence-electron chi connectivity index (χ0n) is 8.79. The molecule has 1 unspecified atom stereocenters. The normalized spacial score (nSPS) is 12.6. The van der Waals surface area contributed by atoms with Crippen molar-refractivity contribution in [3.05, 3.63) is 34.5 Å².